The molecule has 0 heterocycles. The molecule has 0 aliphatic carbocycles. The van der Waals surface area contributed by atoms with Crippen molar-refractivity contribution in [3.63, 3.8) is 0 Å². The third kappa shape index (κ3) is 12.7. The van der Waals surface area contributed by atoms with Crippen LogP contribution in [0.1, 0.15) is 18.6 Å². The highest BCUT2D eigenvalue weighted by Crippen LogP contribution is 2.36. The summed E-state index contributed by atoms with van der Waals surface area (Å²) in [5.41, 5.74) is -1.74. The molecule has 172 valence electrons. The second kappa shape index (κ2) is 15.8. The van der Waals surface area contributed by atoms with Gasteiger partial charge in [-0.1, -0.05) is 79.5 Å². The molecule has 2 nitrogen and oxygen atoms in total. The first-order valence-electron chi connectivity index (χ1n) is 7.81. The Morgan fingerprint density at radius 2 is 1.13 bits per heavy atom. The number of phenolic OH excluding ortho intramolecular Hbond substituents is 1. The van der Waals surface area contributed by atoms with Crippen molar-refractivity contribution in [2.45, 2.75) is 19.8 Å². The molecule has 2 rings (SSSR count). The number of hydrogen-bond acceptors (Lipinski definition) is 2. The van der Waals surface area contributed by atoms with Crippen LogP contribution >= 0.6 is 47.8 Å². The molecule has 0 spiro atoms. The maximum atomic E-state index is 12.4. The first kappa shape index (κ1) is 31.2. The van der Waals surface area contributed by atoms with E-state index in [0.717, 1.165) is 28.9 Å². The van der Waals surface area contributed by atoms with Gasteiger partial charge in [0.25, 0.3) is 0 Å². The van der Waals surface area contributed by atoms with Crippen LogP contribution in [0.5, 0.6) is 11.5 Å². The normalized spacial score (nSPS) is 10.6. The van der Waals surface area contributed by atoms with Gasteiger partial charge in [0, 0.05) is 16.0 Å². The molecule has 0 bridgehead atoms. The second-order valence-corrected chi connectivity index (χ2v) is 7.30. The van der Waals surface area contributed by atoms with Crippen LogP contribution in [-0.2, 0) is 12.4 Å². The Morgan fingerprint density at radius 1 is 0.700 bits per heavy atom. The molecule has 11 heteroatoms. The van der Waals surface area contributed by atoms with Crippen LogP contribution in [0.25, 0.3) is 0 Å². The lowest BCUT2D eigenvalue weighted by molar-refractivity contribution is -0.139. The average Bonchev–Trinajstić information content (AvgIpc) is 2.66. The van der Waals surface area contributed by atoms with E-state index in [4.69, 9.17) is 9.84 Å². The lowest BCUT2D eigenvalue weighted by Gasteiger charge is -2.12. The fourth-order valence-corrected chi connectivity index (χ4v) is 1.85. The maximum absolute atomic E-state index is 12.4. The Kier molecular flexibility index (Phi) is 16.5. The fourth-order valence-electron chi connectivity index (χ4n) is 1.69. The van der Waals surface area contributed by atoms with Gasteiger partial charge in [-0.15, -0.1) is 0 Å². The quantitative estimate of drug-likeness (QED) is 0.271. The van der Waals surface area contributed by atoms with Gasteiger partial charge in [-0.3, -0.25) is 0 Å². The van der Waals surface area contributed by atoms with Crippen LogP contribution in [-0.4, -0.2) is 27.7 Å². The van der Waals surface area contributed by atoms with E-state index in [0.29, 0.717) is 5.33 Å². The number of hydrogen-bond donors (Lipinski definition) is 1. The predicted octanol–water partition coefficient (Wildman–Crippen LogP) is 8.30. The predicted molar refractivity (Wildman–Crippen MR) is 118 cm³/mol. The van der Waals surface area contributed by atoms with Gasteiger partial charge in [0.05, 0.1) is 17.7 Å². The second-order valence-electron chi connectivity index (χ2n) is 4.92. The van der Waals surface area contributed by atoms with Crippen LogP contribution in [0.2, 0.25) is 0 Å². The van der Waals surface area contributed by atoms with Crippen molar-refractivity contribution in [3.05, 3.63) is 59.7 Å². The van der Waals surface area contributed by atoms with Gasteiger partial charge in [0.1, 0.15) is 11.5 Å². The number of rotatable bonds is 4. The minimum Gasteiger partial charge on any atom is -0.507 e. The summed E-state index contributed by atoms with van der Waals surface area (Å²) in [5.74, 6) is -0.862. The molecule has 2 aromatic carbocycles. The Hall–Kier alpha value is -0.940. The smallest absolute Gasteiger partial charge is 0.419 e. The van der Waals surface area contributed by atoms with Gasteiger partial charge in [0.2, 0.25) is 0 Å². The minimum atomic E-state index is -4.47. The maximum Gasteiger partial charge on any atom is 0.419 e. The topological polar surface area (TPSA) is 29.5 Å². The van der Waals surface area contributed by atoms with Crippen LogP contribution in [0.4, 0.5) is 26.3 Å². The van der Waals surface area contributed by atoms with Gasteiger partial charge in [-0.05, 0) is 24.3 Å². The van der Waals surface area contributed by atoms with E-state index < -0.39 is 29.2 Å². The molecular weight excluding hydrogens is 614 g/mol. The molecule has 0 aliphatic rings. The van der Waals surface area contributed by atoms with E-state index in [-0.39, 0.29) is 19.8 Å². The summed E-state index contributed by atoms with van der Waals surface area (Å²) in [6.07, 6.45) is -8.83. The molecule has 0 radical (unpaired) electrons. The number of aromatic hydroxyl groups is 1. The summed E-state index contributed by atoms with van der Waals surface area (Å²) in [5, 5.41) is 11.3. The molecule has 0 amide bonds. The lowest BCUT2D eigenvalue weighted by atomic mass is 10.2. The largest absolute Gasteiger partial charge is 0.507 e. The zero-order chi connectivity index (χ0) is 22.5. The molecule has 0 aliphatic heterocycles. The molecule has 0 fully saturated rings. The van der Waals surface area contributed by atoms with Crippen molar-refractivity contribution in [1.82, 2.24) is 0 Å². The van der Waals surface area contributed by atoms with E-state index in [1.165, 1.54) is 30.3 Å². The van der Waals surface area contributed by atoms with E-state index in [1.807, 2.05) is 0 Å². The molecular formula is C19H21Br3F6O2. The summed E-state index contributed by atoms with van der Waals surface area (Å²) in [6.45, 7) is 0.215. The fraction of sp³-hybridized carbons (Fsp3) is 0.368. The zero-order valence-corrected chi connectivity index (χ0v) is 19.5. The van der Waals surface area contributed by atoms with Gasteiger partial charge < -0.3 is 9.84 Å². The zero-order valence-electron chi connectivity index (χ0n) is 14.7. The average molecular weight is 635 g/mol. The minimum absolute atomic E-state index is 0. The molecule has 30 heavy (non-hydrogen) atoms. The number of benzene rings is 2. The van der Waals surface area contributed by atoms with Crippen molar-refractivity contribution >= 4 is 47.8 Å². The lowest BCUT2D eigenvalue weighted by Crippen LogP contribution is -2.09. The summed E-state index contributed by atoms with van der Waals surface area (Å²) in [7, 11) is 0. The molecule has 0 saturated carbocycles. The summed E-state index contributed by atoms with van der Waals surface area (Å²) >= 11 is 9.48. The Labute approximate surface area is 197 Å². The van der Waals surface area contributed by atoms with Crippen LogP contribution < -0.4 is 4.74 Å². The van der Waals surface area contributed by atoms with Gasteiger partial charge in [-0.2, -0.15) is 26.3 Å². The molecule has 1 N–H and O–H groups in total. The highest BCUT2D eigenvalue weighted by Gasteiger charge is 2.34. The first-order valence-corrected chi connectivity index (χ1v) is 11.2. The Balaban J connectivity index is 0. The number of alkyl halides is 9. The van der Waals surface area contributed by atoms with Crippen molar-refractivity contribution in [2.24, 2.45) is 0 Å². The van der Waals surface area contributed by atoms with Crippen molar-refractivity contribution < 1.29 is 36.2 Å². The van der Waals surface area contributed by atoms with E-state index in [2.05, 4.69) is 47.8 Å². The number of para-hydroxylation sites is 2. The summed E-state index contributed by atoms with van der Waals surface area (Å²) < 4.78 is 77.8. The van der Waals surface area contributed by atoms with Gasteiger partial charge in [0.15, 0.2) is 0 Å². The SMILES string of the molecule is BrCCBr.C.FC(F)(F)c1ccccc1OCCBr.Oc1ccccc1C(F)(F)F. The van der Waals surface area contributed by atoms with Gasteiger partial charge >= 0.3 is 12.4 Å². The highest BCUT2D eigenvalue weighted by molar-refractivity contribution is 9.12. The summed E-state index contributed by atoms with van der Waals surface area (Å²) in [4.78, 5) is 0. The number of ether oxygens (including phenoxy) is 1. The van der Waals surface area contributed by atoms with Crippen molar-refractivity contribution in [1.29, 1.82) is 0 Å². The monoisotopic (exact) mass is 632 g/mol. The molecule has 0 aromatic heterocycles. The van der Waals surface area contributed by atoms with Crippen LogP contribution in [0.15, 0.2) is 48.5 Å². The van der Waals surface area contributed by atoms with E-state index in [1.54, 1.807) is 0 Å². The van der Waals surface area contributed by atoms with Crippen molar-refractivity contribution in [2.75, 3.05) is 22.6 Å². The highest BCUT2D eigenvalue weighted by atomic mass is 79.9. The molecule has 0 saturated heterocycles. The first-order chi connectivity index (χ1) is 13.5. The molecule has 0 unspecified atom stereocenters. The Bertz CT molecular complexity index is 707. The van der Waals surface area contributed by atoms with Gasteiger partial charge in [-0.25, -0.2) is 0 Å². The number of phenols is 1. The third-order valence-corrected chi connectivity index (χ3v) is 4.99. The van der Waals surface area contributed by atoms with Crippen molar-refractivity contribution in [3.8, 4) is 11.5 Å². The molecule has 0 atom stereocenters. The van der Waals surface area contributed by atoms with Crippen LogP contribution in [0, 0.1) is 0 Å². The molecule has 2 aromatic rings. The summed E-state index contributed by atoms with van der Waals surface area (Å²) in [6, 6.07) is 9.56. The number of halogens is 9. The standard InChI is InChI=1S/C9H8BrF3O.C7H5F3O.C2H4Br2.CH4/c10-5-6-14-8-4-2-1-3-7(8)9(11,12)13;8-7(9,10)5-3-1-2-4-6(5)11;3-1-2-4;/h1-4H,5-6H2;1-4,11H;1-2H2;1H4. The van der Waals surface area contributed by atoms with E-state index in [9.17, 15) is 26.3 Å². The van der Waals surface area contributed by atoms with E-state index >= 15 is 0 Å². The Morgan fingerprint density at radius 3 is 1.50 bits per heavy atom. The third-order valence-electron chi connectivity index (χ3n) is 2.81. The van der Waals surface area contributed by atoms with Crippen LogP contribution in [0.3, 0.4) is 0 Å².